The summed E-state index contributed by atoms with van der Waals surface area (Å²) in [7, 11) is -3.99. The van der Waals surface area contributed by atoms with Crippen LogP contribution in [0.25, 0.3) is 6.08 Å². The Bertz CT molecular complexity index is 1160. The quantitative estimate of drug-likeness (QED) is 0.723. The molecule has 0 radical (unpaired) electrons. The lowest BCUT2D eigenvalue weighted by Gasteiger charge is -2.20. The van der Waals surface area contributed by atoms with Crippen LogP contribution < -0.4 is 14.9 Å². The van der Waals surface area contributed by atoms with Crippen molar-refractivity contribution in [1.29, 1.82) is 10.5 Å². The van der Waals surface area contributed by atoms with Gasteiger partial charge in [-0.2, -0.15) is 14.8 Å². The fourth-order valence-electron chi connectivity index (χ4n) is 2.37. The highest BCUT2D eigenvalue weighted by molar-refractivity contribution is 7.92. The number of sulfonamides is 1. The maximum absolute atomic E-state index is 12.4. The van der Waals surface area contributed by atoms with Crippen LogP contribution in [-0.2, 0) is 10.0 Å². The Morgan fingerprint density at radius 3 is 2.07 bits per heavy atom. The van der Waals surface area contributed by atoms with E-state index in [0.717, 1.165) is 11.8 Å². The first-order valence-electron chi connectivity index (χ1n) is 8.45. The molecule has 0 fully saturated rings. The van der Waals surface area contributed by atoms with Gasteiger partial charge in [0.2, 0.25) is 10.0 Å². The molecular weight excluding hydrogens is 406 g/mol. The van der Waals surface area contributed by atoms with Gasteiger partial charge in [-0.15, -0.1) is 0 Å². The van der Waals surface area contributed by atoms with E-state index in [1.165, 1.54) is 30.3 Å². The van der Waals surface area contributed by atoms with Gasteiger partial charge in [0.05, 0.1) is 11.9 Å². The van der Waals surface area contributed by atoms with Crippen LogP contribution >= 0.6 is 0 Å². The van der Waals surface area contributed by atoms with E-state index in [1.54, 1.807) is 36.4 Å². The summed E-state index contributed by atoms with van der Waals surface area (Å²) < 4.78 is 24.6. The number of anilines is 2. The zero-order chi connectivity index (χ0) is 22.3. The average molecular weight is 423 g/mol. The first-order chi connectivity index (χ1) is 14.1. The van der Waals surface area contributed by atoms with Gasteiger partial charge in [-0.1, -0.05) is 29.8 Å². The molecule has 9 nitrogen and oxygen atoms in total. The lowest BCUT2D eigenvalue weighted by Crippen LogP contribution is -2.47. The van der Waals surface area contributed by atoms with Crippen LogP contribution in [0.3, 0.4) is 0 Å². The molecule has 0 heterocycles. The fraction of sp³-hybridized carbons (Fsp3) is 0.100. The molecule has 0 spiro atoms. The molecule has 0 atom stereocenters. The van der Waals surface area contributed by atoms with Gasteiger partial charge in [-0.05, 0) is 42.8 Å². The van der Waals surface area contributed by atoms with Crippen molar-refractivity contribution in [3.05, 3.63) is 65.2 Å². The molecular formula is C20H17N5O4S. The molecule has 4 amide bonds. The van der Waals surface area contributed by atoms with Crippen molar-refractivity contribution in [3.63, 3.8) is 0 Å². The van der Waals surface area contributed by atoms with Gasteiger partial charge >= 0.3 is 12.1 Å². The number of imide groups is 1. The molecule has 10 heteroatoms. The van der Waals surface area contributed by atoms with E-state index in [0.29, 0.717) is 15.6 Å². The number of hydrogen-bond donors (Lipinski definition) is 2. The lowest BCUT2D eigenvalue weighted by atomic mass is 10.1. The first-order valence-corrected chi connectivity index (χ1v) is 10.3. The SMILES string of the molecule is Cc1ccc(N(C(=O)NC(=O)Nc2ccc(C=C(C#N)C#N)cc2)S(C)(=O)=O)cc1. The van der Waals surface area contributed by atoms with E-state index in [9.17, 15) is 18.0 Å². The molecule has 0 bridgehead atoms. The second-order valence-corrected chi connectivity index (χ2v) is 7.98. The first kappa shape index (κ1) is 22.1. The molecule has 0 unspecified atom stereocenters. The van der Waals surface area contributed by atoms with Crippen molar-refractivity contribution in [2.75, 3.05) is 15.9 Å². The number of hydrogen-bond acceptors (Lipinski definition) is 6. The molecule has 0 aliphatic carbocycles. The summed E-state index contributed by atoms with van der Waals surface area (Å²) in [4.78, 5) is 24.6. The molecule has 2 N–H and O–H groups in total. The minimum atomic E-state index is -3.99. The van der Waals surface area contributed by atoms with E-state index in [1.807, 2.05) is 12.2 Å². The average Bonchev–Trinajstić information content (AvgIpc) is 2.68. The van der Waals surface area contributed by atoms with Crippen molar-refractivity contribution >= 4 is 39.5 Å². The monoisotopic (exact) mass is 423 g/mol. The predicted octanol–water partition coefficient (Wildman–Crippen LogP) is 3.13. The summed E-state index contributed by atoms with van der Waals surface area (Å²) in [5.74, 6) is 0. The van der Waals surface area contributed by atoms with Crippen molar-refractivity contribution in [2.45, 2.75) is 6.92 Å². The minimum Gasteiger partial charge on any atom is -0.308 e. The molecule has 0 aliphatic rings. The molecule has 152 valence electrons. The van der Waals surface area contributed by atoms with Crippen LogP contribution in [0.5, 0.6) is 0 Å². The second kappa shape index (κ2) is 9.37. The van der Waals surface area contributed by atoms with E-state index in [4.69, 9.17) is 10.5 Å². The van der Waals surface area contributed by atoms with E-state index in [-0.39, 0.29) is 11.3 Å². The van der Waals surface area contributed by atoms with E-state index >= 15 is 0 Å². The largest absolute Gasteiger partial charge is 0.343 e. The third-order valence-corrected chi connectivity index (χ3v) is 4.77. The third-order valence-electron chi connectivity index (χ3n) is 3.73. The topological polar surface area (TPSA) is 143 Å². The molecule has 2 rings (SSSR count). The summed E-state index contributed by atoms with van der Waals surface area (Å²) in [5.41, 5.74) is 1.78. The number of aryl methyl sites for hydroxylation is 1. The second-order valence-electron chi connectivity index (χ2n) is 6.15. The van der Waals surface area contributed by atoms with Gasteiger partial charge in [0, 0.05) is 5.69 Å². The molecule has 0 saturated carbocycles. The Kier molecular flexibility index (Phi) is 6.91. The van der Waals surface area contributed by atoms with Crippen molar-refractivity contribution < 1.29 is 18.0 Å². The Balaban J connectivity index is 2.12. The summed E-state index contributed by atoms with van der Waals surface area (Å²) in [6, 6.07) is 13.7. The number of amides is 4. The van der Waals surface area contributed by atoms with Crippen LogP contribution in [0.4, 0.5) is 21.0 Å². The number of carbonyl (C=O) groups is 2. The maximum Gasteiger partial charge on any atom is 0.343 e. The number of nitrogens with zero attached hydrogens (tertiary/aromatic N) is 3. The molecule has 0 saturated heterocycles. The van der Waals surface area contributed by atoms with Crippen molar-refractivity contribution in [2.24, 2.45) is 0 Å². The summed E-state index contributed by atoms with van der Waals surface area (Å²) in [6.07, 6.45) is 2.23. The van der Waals surface area contributed by atoms with Crippen LogP contribution in [0.15, 0.2) is 54.1 Å². The standard InChI is InChI=1S/C20H17N5O4S/c1-14-3-9-18(10-4-14)25(30(2,28)29)20(27)24-19(26)23-17-7-5-15(6-8-17)11-16(12-21)13-22/h3-11H,1-2H3,(H2,23,24,26,27). The van der Waals surface area contributed by atoms with E-state index < -0.39 is 22.1 Å². The van der Waals surface area contributed by atoms with Gasteiger partial charge in [-0.25, -0.2) is 18.0 Å². The molecule has 2 aromatic carbocycles. The highest BCUT2D eigenvalue weighted by Crippen LogP contribution is 2.18. The van der Waals surface area contributed by atoms with Gasteiger partial charge < -0.3 is 5.32 Å². The summed E-state index contributed by atoms with van der Waals surface area (Å²) in [6.45, 7) is 1.81. The zero-order valence-electron chi connectivity index (χ0n) is 16.1. The number of nitriles is 2. The number of allylic oxidation sites excluding steroid dienone is 1. The van der Waals surface area contributed by atoms with Crippen LogP contribution in [-0.4, -0.2) is 26.7 Å². The number of benzene rings is 2. The van der Waals surface area contributed by atoms with Gasteiger partial charge in [0.1, 0.15) is 17.7 Å². The maximum atomic E-state index is 12.4. The smallest absolute Gasteiger partial charge is 0.308 e. The summed E-state index contributed by atoms with van der Waals surface area (Å²) in [5, 5.41) is 21.9. The molecule has 0 aromatic heterocycles. The Labute approximate surface area is 173 Å². The Hall–Kier alpha value is -4.15. The van der Waals surface area contributed by atoms with Crippen LogP contribution in [0.2, 0.25) is 0 Å². The van der Waals surface area contributed by atoms with E-state index in [2.05, 4.69) is 5.32 Å². The molecule has 2 aromatic rings. The molecule has 30 heavy (non-hydrogen) atoms. The number of nitrogens with one attached hydrogen (secondary N) is 2. The van der Waals surface area contributed by atoms with Gasteiger partial charge in [0.25, 0.3) is 0 Å². The lowest BCUT2D eigenvalue weighted by molar-refractivity contribution is 0.238. The normalized spacial score (nSPS) is 10.1. The zero-order valence-corrected chi connectivity index (χ0v) is 16.9. The number of rotatable bonds is 4. The summed E-state index contributed by atoms with van der Waals surface area (Å²) >= 11 is 0. The number of urea groups is 2. The van der Waals surface area contributed by atoms with Gasteiger partial charge in [-0.3, -0.25) is 5.32 Å². The van der Waals surface area contributed by atoms with Crippen molar-refractivity contribution in [3.8, 4) is 12.1 Å². The van der Waals surface area contributed by atoms with Crippen LogP contribution in [0, 0.1) is 29.6 Å². The Morgan fingerprint density at radius 1 is 1.00 bits per heavy atom. The predicted molar refractivity (Wildman–Crippen MR) is 112 cm³/mol. The number of carbonyl (C=O) groups excluding carboxylic acids is 2. The third kappa shape index (κ3) is 5.92. The Morgan fingerprint density at radius 2 is 1.57 bits per heavy atom. The van der Waals surface area contributed by atoms with Gasteiger partial charge in [0.15, 0.2) is 0 Å². The highest BCUT2D eigenvalue weighted by Gasteiger charge is 2.26. The fourth-order valence-corrected chi connectivity index (χ4v) is 3.22. The van der Waals surface area contributed by atoms with Crippen LogP contribution in [0.1, 0.15) is 11.1 Å². The highest BCUT2D eigenvalue weighted by atomic mass is 32.2. The minimum absolute atomic E-state index is 0.0731. The van der Waals surface area contributed by atoms with Crippen molar-refractivity contribution in [1.82, 2.24) is 5.32 Å². The molecule has 0 aliphatic heterocycles.